The van der Waals surface area contributed by atoms with E-state index in [4.69, 9.17) is 5.11 Å². The highest BCUT2D eigenvalue weighted by molar-refractivity contribution is 5.61. The summed E-state index contributed by atoms with van der Waals surface area (Å²) >= 11 is 0. The van der Waals surface area contributed by atoms with Crippen LogP contribution in [0.4, 0.5) is 5.69 Å². The third-order valence-electron chi connectivity index (χ3n) is 4.52. The lowest BCUT2D eigenvalue weighted by atomic mass is 10.00. The van der Waals surface area contributed by atoms with E-state index in [1.807, 2.05) is 12.1 Å². The Bertz CT molecular complexity index is 523. The summed E-state index contributed by atoms with van der Waals surface area (Å²) in [6.07, 6.45) is 1.81. The van der Waals surface area contributed by atoms with Gasteiger partial charge in [0.1, 0.15) is 6.07 Å². The maximum atomic E-state index is 9.95. The molecular formula is C15H18N2O2. The van der Waals surface area contributed by atoms with Crippen molar-refractivity contribution in [3.8, 4) is 6.07 Å². The molecule has 1 aliphatic carbocycles. The van der Waals surface area contributed by atoms with Crippen LogP contribution in [0.1, 0.15) is 24.0 Å². The van der Waals surface area contributed by atoms with Gasteiger partial charge in [-0.2, -0.15) is 5.26 Å². The number of nitrogens with zero attached hydrogens (tertiary/aromatic N) is 2. The van der Waals surface area contributed by atoms with E-state index in [9.17, 15) is 10.4 Å². The van der Waals surface area contributed by atoms with Crippen LogP contribution in [-0.4, -0.2) is 29.4 Å². The van der Waals surface area contributed by atoms with E-state index in [1.54, 1.807) is 6.07 Å². The van der Waals surface area contributed by atoms with Gasteiger partial charge in [-0.15, -0.1) is 0 Å². The summed E-state index contributed by atoms with van der Waals surface area (Å²) in [4.78, 5) is 2.21. The van der Waals surface area contributed by atoms with Gasteiger partial charge < -0.3 is 15.1 Å². The van der Waals surface area contributed by atoms with Crippen LogP contribution in [0.3, 0.4) is 0 Å². The fourth-order valence-electron chi connectivity index (χ4n) is 3.48. The Morgan fingerprint density at radius 2 is 2.16 bits per heavy atom. The lowest BCUT2D eigenvalue weighted by molar-refractivity contribution is 0.133. The normalized spacial score (nSPS) is 29.3. The number of aliphatic hydroxyl groups is 2. The van der Waals surface area contributed by atoms with E-state index in [1.165, 1.54) is 0 Å². The second kappa shape index (κ2) is 4.84. The first-order chi connectivity index (χ1) is 9.22. The zero-order chi connectivity index (χ0) is 13.4. The van der Waals surface area contributed by atoms with Crippen molar-refractivity contribution in [3.63, 3.8) is 0 Å². The Morgan fingerprint density at radius 1 is 1.32 bits per heavy atom. The van der Waals surface area contributed by atoms with Crippen LogP contribution in [0, 0.1) is 23.2 Å². The predicted molar refractivity (Wildman–Crippen MR) is 71.5 cm³/mol. The number of hydrogen-bond acceptors (Lipinski definition) is 4. The minimum Gasteiger partial charge on any atom is -0.393 e. The molecule has 3 rings (SSSR count). The molecule has 2 aliphatic rings. The highest BCUT2D eigenvalue weighted by Crippen LogP contribution is 2.40. The number of nitriles is 1. The van der Waals surface area contributed by atoms with Gasteiger partial charge in [0.15, 0.2) is 0 Å². The number of fused-ring (bicyclic) bond motifs is 1. The summed E-state index contributed by atoms with van der Waals surface area (Å²) in [5.41, 5.74) is 2.31. The molecule has 100 valence electrons. The van der Waals surface area contributed by atoms with Crippen molar-refractivity contribution in [3.05, 3.63) is 29.3 Å². The monoisotopic (exact) mass is 258 g/mol. The quantitative estimate of drug-likeness (QED) is 0.838. The maximum absolute atomic E-state index is 9.95. The summed E-state index contributed by atoms with van der Waals surface area (Å²) < 4.78 is 0. The molecule has 2 N–H and O–H groups in total. The van der Waals surface area contributed by atoms with Gasteiger partial charge in [-0.1, -0.05) is 6.07 Å². The molecule has 4 heteroatoms. The zero-order valence-corrected chi connectivity index (χ0v) is 10.8. The van der Waals surface area contributed by atoms with Gasteiger partial charge in [0.25, 0.3) is 0 Å². The molecule has 0 bridgehead atoms. The van der Waals surface area contributed by atoms with Crippen molar-refractivity contribution >= 4 is 5.69 Å². The fourth-order valence-corrected chi connectivity index (χ4v) is 3.48. The van der Waals surface area contributed by atoms with Crippen LogP contribution in [0.15, 0.2) is 18.2 Å². The summed E-state index contributed by atoms with van der Waals surface area (Å²) in [5.74, 6) is 0.906. The van der Waals surface area contributed by atoms with Gasteiger partial charge in [-0.3, -0.25) is 0 Å². The molecule has 2 fully saturated rings. The van der Waals surface area contributed by atoms with Crippen molar-refractivity contribution in [1.82, 2.24) is 0 Å². The molecule has 4 nitrogen and oxygen atoms in total. The van der Waals surface area contributed by atoms with Crippen LogP contribution in [0.5, 0.6) is 0 Å². The molecule has 0 radical (unpaired) electrons. The van der Waals surface area contributed by atoms with E-state index < -0.39 is 0 Å². The molecule has 1 saturated heterocycles. The van der Waals surface area contributed by atoms with Gasteiger partial charge in [0.2, 0.25) is 0 Å². The van der Waals surface area contributed by atoms with E-state index >= 15 is 0 Å². The molecule has 3 atom stereocenters. The van der Waals surface area contributed by atoms with Crippen molar-refractivity contribution in [2.45, 2.75) is 25.6 Å². The van der Waals surface area contributed by atoms with Crippen molar-refractivity contribution in [1.29, 1.82) is 5.26 Å². The maximum Gasteiger partial charge on any atom is 0.101 e. The lowest BCUT2D eigenvalue weighted by Crippen LogP contribution is -2.25. The van der Waals surface area contributed by atoms with Crippen LogP contribution in [0.2, 0.25) is 0 Å². The van der Waals surface area contributed by atoms with Crippen molar-refractivity contribution in [2.24, 2.45) is 11.8 Å². The molecule has 1 saturated carbocycles. The van der Waals surface area contributed by atoms with Gasteiger partial charge in [-0.05, 0) is 36.5 Å². The van der Waals surface area contributed by atoms with E-state index in [-0.39, 0.29) is 12.7 Å². The zero-order valence-electron chi connectivity index (χ0n) is 10.8. The molecule has 1 aromatic carbocycles. The lowest BCUT2D eigenvalue weighted by Gasteiger charge is -2.22. The van der Waals surface area contributed by atoms with Crippen LogP contribution < -0.4 is 4.90 Å². The fraction of sp³-hybridized carbons (Fsp3) is 0.533. The summed E-state index contributed by atoms with van der Waals surface area (Å²) in [7, 11) is 0. The van der Waals surface area contributed by atoms with E-state index in [0.717, 1.165) is 37.2 Å². The molecule has 1 heterocycles. The first kappa shape index (κ1) is 12.5. The Labute approximate surface area is 112 Å². The van der Waals surface area contributed by atoms with Crippen LogP contribution in [-0.2, 0) is 6.61 Å². The topological polar surface area (TPSA) is 67.5 Å². The highest BCUT2D eigenvalue weighted by atomic mass is 16.3. The van der Waals surface area contributed by atoms with E-state index in [2.05, 4.69) is 11.0 Å². The smallest absolute Gasteiger partial charge is 0.101 e. The largest absolute Gasteiger partial charge is 0.393 e. The Kier molecular flexibility index (Phi) is 3.17. The SMILES string of the molecule is N#Cc1cc(CO)ccc1N1CC2CCC(O)C2C1. The average Bonchev–Trinajstić information content (AvgIpc) is 3.00. The number of benzene rings is 1. The third-order valence-corrected chi connectivity index (χ3v) is 4.52. The number of anilines is 1. The first-order valence-electron chi connectivity index (χ1n) is 6.80. The molecule has 1 aliphatic heterocycles. The van der Waals surface area contributed by atoms with Gasteiger partial charge in [-0.25, -0.2) is 0 Å². The summed E-state index contributed by atoms with van der Waals surface area (Å²) in [6, 6.07) is 7.73. The Hall–Kier alpha value is -1.57. The van der Waals surface area contributed by atoms with Crippen LogP contribution >= 0.6 is 0 Å². The summed E-state index contributed by atoms with van der Waals surface area (Å²) in [5, 5.41) is 28.3. The van der Waals surface area contributed by atoms with Gasteiger partial charge in [0, 0.05) is 19.0 Å². The average molecular weight is 258 g/mol. The van der Waals surface area contributed by atoms with E-state index in [0.29, 0.717) is 17.4 Å². The minimum atomic E-state index is -0.183. The predicted octanol–water partition coefficient (Wildman–Crippen LogP) is 1.26. The Morgan fingerprint density at radius 3 is 2.84 bits per heavy atom. The number of rotatable bonds is 2. The minimum absolute atomic E-state index is 0.0427. The van der Waals surface area contributed by atoms with Crippen molar-refractivity contribution < 1.29 is 10.2 Å². The molecule has 0 amide bonds. The second-order valence-electron chi connectivity index (χ2n) is 5.60. The molecular weight excluding hydrogens is 240 g/mol. The molecule has 0 aromatic heterocycles. The summed E-state index contributed by atoms with van der Waals surface area (Å²) in [6.45, 7) is 1.72. The molecule has 19 heavy (non-hydrogen) atoms. The second-order valence-corrected chi connectivity index (χ2v) is 5.60. The first-order valence-corrected chi connectivity index (χ1v) is 6.80. The van der Waals surface area contributed by atoms with Gasteiger partial charge >= 0.3 is 0 Å². The molecule has 3 unspecified atom stereocenters. The highest BCUT2D eigenvalue weighted by Gasteiger charge is 2.42. The van der Waals surface area contributed by atoms with Crippen molar-refractivity contribution in [2.75, 3.05) is 18.0 Å². The van der Waals surface area contributed by atoms with Gasteiger partial charge in [0.05, 0.1) is 24.0 Å². The standard InChI is InChI=1S/C15H18N2O2/c16-6-12-5-10(9-18)1-3-14(12)17-7-11-2-4-15(19)13(11)8-17/h1,3,5,11,13,15,18-19H,2,4,7-9H2. The van der Waals surface area contributed by atoms with Crippen LogP contribution in [0.25, 0.3) is 0 Å². The Balaban J connectivity index is 1.86. The molecule has 0 spiro atoms. The number of aliphatic hydroxyl groups excluding tert-OH is 2. The third kappa shape index (κ3) is 2.09. The molecule has 1 aromatic rings. The number of hydrogen-bond donors (Lipinski definition) is 2.